The summed E-state index contributed by atoms with van der Waals surface area (Å²) in [5.41, 5.74) is 0.446. The predicted molar refractivity (Wildman–Crippen MR) is 135 cm³/mol. The molecular weight excluding hydrogens is 516 g/mol. The molecule has 0 aliphatic carbocycles. The van der Waals surface area contributed by atoms with Gasteiger partial charge in [0.1, 0.15) is 17.9 Å². The topological polar surface area (TPSA) is 78.3 Å². The fraction of sp³-hybridized carbons (Fsp3) is 0.107. The number of hydrogen-bond acceptors (Lipinski definition) is 5. The van der Waals surface area contributed by atoms with Crippen LogP contribution in [0.15, 0.2) is 91.4 Å². The number of ether oxygens (including phenoxy) is 2. The normalized spacial score (nSPS) is 11.5. The quantitative estimate of drug-likeness (QED) is 0.223. The number of benzene rings is 3. The minimum atomic E-state index is -4.68. The third kappa shape index (κ3) is 6.21. The molecule has 11 heteroatoms. The Labute approximate surface area is 219 Å². The Balaban J connectivity index is 1.26. The Bertz CT molecular complexity index is 1620. The average molecular weight is 536 g/mol. The number of carbonyl (C=O) groups excluding carboxylic acids is 1. The highest BCUT2D eigenvalue weighted by Crippen LogP contribution is 2.32. The van der Waals surface area contributed by atoms with E-state index < -0.39 is 29.3 Å². The number of amides is 1. The van der Waals surface area contributed by atoms with Crippen LogP contribution in [0.5, 0.6) is 11.6 Å². The van der Waals surface area contributed by atoms with E-state index in [1.807, 2.05) is 30.3 Å². The van der Waals surface area contributed by atoms with Crippen molar-refractivity contribution in [2.75, 3.05) is 5.32 Å². The van der Waals surface area contributed by atoms with Gasteiger partial charge in [-0.2, -0.15) is 13.2 Å². The van der Waals surface area contributed by atoms with Gasteiger partial charge in [0.05, 0.1) is 35.7 Å². The fourth-order valence-corrected chi connectivity index (χ4v) is 3.81. The molecule has 0 bridgehead atoms. The summed E-state index contributed by atoms with van der Waals surface area (Å²) < 4.78 is 65.7. The van der Waals surface area contributed by atoms with Crippen LogP contribution in [0.3, 0.4) is 0 Å². The number of alkyl halides is 3. The molecule has 2 aromatic heterocycles. The summed E-state index contributed by atoms with van der Waals surface area (Å²) in [5.74, 6) is -0.266. The van der Waals surface area contributed by atoms with Crippen molar-refractivity contribution in [2.45, 2.75) is 19.4 Å². The molecule has 0 saturated heterocycles. The molecule has 1 amide bonds. The van der Waals surface area contributed by atoms with Crippen LogP contribution >= 0.6 is 0 Å². The Morgan fingerprint density at radius 3 is 2.54 bits per heavy atom. The van der Waals surface area contributed by atoms with Gasteiger partial charge < -0.3 is 14.8 Å². The molecule has 3 aromatic carbocycles. The second kappa shape index (κ2) is 10.9. The zero-order valence-electron chi connectivity index (χ0n) is 20.2. The van der Waals surface area contributed by atoms with Crippen LogP contribution < -0.4 is 10.1 Å². The molecule has 0 spiro atoms. The van der Waals surface area contributed by atoms with Crippen molar-refractivity contribution in [2.24, 2.45) is 0 Å². The number of hydrogen-bond donors (Lipinski definition) is 1. The molecule has 1 N–H and O–H groups in total. The van der Waals surface area contributed by atoms with Gasteiger partial charge in [-0.05, 0) is 48.0 Å². The van der Waals surface area contributed by atoms with Gasteiger partial charge in [0.2, 0.25) is 5.88 Å². The lowest BCUT2D eigenvalue weighted by atomic mass is 10.2. The molecule has 0 aliphatic heterocycles. The SMILES string of the molecule is O=C(Nc1cc(C(F)(F)F)ccc1F)n1ccc2cc(Oc3cc(COCc4ccccc4)ncn3)ccc21. The lowest BCUT2D eigenvalue weighted by Crippen LogP contribution is -2.19. The van der Waals surface area contributed by atoms with Gasteiger partial charge in [-0.1, -0.05) is 30.3 Å². The van der Waals surface area contributed by atoms with Gasteiger partial charge in [-0.3, -0.25) is 4.57 Å². The summed E-state index contributed by atoms with van der Waals surface area (Å²) in [6.07, 6.45) is -1.89. The van der Waals surface area contributed by atoms with Gasteiger partial charge in [0, 0.05) is 17.6 Å². The third-order valence-corrected chi connectivity index (χ3v) is 5.70. The van der Waals surface area contributed by atoms with E-state index in [2.05, 4.69) is 15.3 Å². The number of rotatable bonds is 7. The van der Waals surface area contributed by atoms with Gasteiger partial charge in [0.25, 0.3) is 0 Å². The lowest BCUT2D eigenvalue weighted by Gasteiger charge is -2.12. The van der Waals surface area contributed by atoms with Crippen molar-refractivity contribution in [3.63, 3.8) is 0 Å². The van der Waals surface area contributed by atoms with Crippen molar-refractivity contribution in [1.82, 2.24) is 14.5 Å². The number of anilines is 1. The van der Waals surface area contributed by atoms with Crippen molar-refractivity contribution >= 4 is 22.6 Å². The van der Waals surface area contributed by atoms with Crippen molar-refractivity contribution < 1.29 is 31.8 Å². The van der Waals surface area contributed by atoms with Crippen LogP contribution in [0.2, 0.25) is 0 Å². The Morgan fingerprint density at radius 1 is 0.923 bits per heavy atom. The predicted octanol–water partition coefficient (Wildman–Crippen LogP) is 7.18. The highest BCUT2D eigenvalue weighted by Gasteiger charge is 2.31. The van der Waals surface area contributed by atoms with E-state index in [9.17, 15) is 22.4 Å². The summed E-state index contributed by atoms with van der Waals surface area (Å²) in [7, 11) is 0. The molecule has 0 saturated carbocycles. The molecule has 0 atom stereocenters. The van der Waals surface area contributed by atoms with Gasteiger partial charge in [-0.15, -0.1) is 0 Å². The lowest BCUT2D eigenvalue weighted by molar-refractivity contribution is -0.137. The van der Waals surface area contributed by atoms with Crippen molar-refractivity contribution in [3.8, 4) is 11.6 Å². The van der Waals surface area contributed by atoms with E-state index in [0.29, 0.717) is 53.0 Å². The Morgan fingerprint density at radius 2 is 1.74 bits per heavy atom. The summed E-state index contributed by atoms with van der Waals surface area (Å²) in [5, 5.41) is 2.80. The minimum absolute atomic E-state index is 0.261. The Hall–Kier alpha value is -4.77. The maximum Gasteiger partial charge on any atom is 0.416 e. The molecule has 0 aliphatic rings. The second-order valence-corrected chi connectivity index (χ2v) is 8.46. The molecule has 7 nitrogen and oxygen atoms in total. The molecule has 0 fully saturated rings. The third-order valence-electron chi connectivity index (χ3n) is 5.70. The van der Waals surface area contributed by atoms with E-state index in [4.69, 9.17) is 9.47 Å². The molecule has 5 rings (SSSR count). The summed E-state index contributed by atoms with van der Waals surface area (Å²) in [6.45, 7) is 0.694. The number of fused-ring (bicyclic) bond motifs is 1. The number of aromatic nitrogens is 3. The molecule has 5 aromatic rings. The number of nitrogens with one attached hydrogen (secondary N) is 1. The summed E-state index contributed by atoms with van der Waals surface area (Å²) >= 11 is 0. The van der Waals surface area contributed by atoms with Gasteiger partial charge >= 0.3 is 12.2 Å². The minimum Gasteiger partial charge on any atom is -0.439 e. The maximum atomic E-state index is 14.1. The van der Waals surface area contributed by atoms with E-state index in [1.165, 1.54) is 12.5 Å². The summed E-state index contributed by atoms with van der Waals surface area (Å²) in [4.78, 5) is 21.0. The van der Waals surface area contributed by atoms with Crippen LogP contribution in [-0.4, -0.2) is 20.6 Å². The largest absolute Gasteiger partial charge is 0.439 e. The maximum absolute atomic E-state index is 14.1. The van der Waals surface area contributed by atoms with Gasteiger partial charge in [0.15, 0.2) is 0 Å². The van der Waals surface area contributed by atoms with Crippen LogP contribution in [0.1, 0.15) is 16.8 Å². The first-order valence-electron chi connectivity index (χ1n) is 11.7. The molecule has 198 valence electrons. The standard InChI is InChI=1S/C28H20F4N4O3/c29-23-8-6-20(28(30,31)32)13-24(23)35-27(37)36-11-10-19-12-22(7-9-25(19)36)39-26-14-21(33-17-34-26)16-38-15-18-4-2-1-3-5-18/h1-14,17H,15-16H2,(H,35,37). The highest BCUT2D eigenvalue weighted by atomic mass is 19.4. The number of halogens is 4. The van der Waals surface area contributed by atoms with Gasteiger partial charge in [-0.25, -0.2) is 19.2 Å². The smallest absolute Gasteiger partial charge is 0.416 e. The van der Waals surface area contributed by atoms with E-state index >= 15 is 0 Å². The van der Waals surface area contributed by atoms with E-state index in [0.717, 1.165) is 10.1 Å². The average Bonchev–Trinajstić information content (AvgIpc) is 3.34. The molecular formula is C28H20F4N4O3. The summed E-state index contributed by atoms with van der Waals surface area (Å²) in [6, 6.07) is 18.8. The van der Waals surface area contributed by atoms with Crippen LogP contribution in [0.25, 0.3) is 10.9 Å². The second-order valence-electron chi connectivity index (χ2n) is 8.46. The first-order valence-corrected chi connectivity index (χ1v) is 11.7. The van der Waals surface area contributed by atoms with Crippen molar-refractivity contribution in [1.29, 1.82) is 0 Å². The monoisotopic (exact) mass is 536 g/mol. The fourth-order valence-electron chi connectivity index (χ4n) is 3.81. The Kier molecular flexibility index (Phi) is 7.24. The molecule has 39 heavy (non-hydrogen) atoms. The number of nitrogens with zero attached hydrogens (tertiary/aromatic N) is 3. The first kappa shape index (κ1) is 25.9. The molecule has 0 radical (unpaired) electrons. The van der Waals surface area contributed by atoms with Crippen LogP contribution in [-0.2, 0) is 24.1 Å². The van der Waals surface area contributed by atoms with Crippen LogP contribution in [0, 0.1) is 5.82 Å². The number of carbonyl (C=O) groups is 1. The molecule has 0 unspecified atom stereocenters. The van der Waals surface area contributed by atoms with E-state index in [-0.39, 0.29) is 6.61 Å². The zero-order valence-corrected chi connectivity index (χ0v) is 20.2. The van der Waals surface area contributed by atoms with Crippen molar-refractivity contribution in [3.05, 3.63) is 114 Å². The molecule has 2 heterocycles. The first-order chi connectivity index (χ1) is 18.8. The van der Waals surface area contributed by atoms with E-state index in [1.54, 1.807) is 30.3 Å². The highest BCUT2D eigenvalue weighted by molar-refractivity contribution is 5.98. The zero-order chi connectivity index (χ0) is 27.4. The van der Waals surface area contributed by atoms with Crippen LogP contribution in [0.4, 0.5) is 28.0 Å².